The molecule has 4 aliphatic rings. The summed E-state index contributed by atoms with van der Waals surface area (Å²) in [5, 5.41) is 3.26. The fourth-order valence-corrected chi connectivity index (χ4v) is 7.76. The van der Waals surface area contributed by atoms with Gasteiger partial charge in [-0.3, -0.25) is 14.5 Å². The Labute approximate surface area is 312 Å². The zero-order valence-corrected chi connectivity index (χ0v) is 30.9. The average Bonchev–Trinajstić information content (AvgIpc) is 3.87. The lowest BCUT2D eigenvalue weighted by Crippen LogP contribution is -2.44. The lowest BCUT2D eigenvalue weighted by Gasteiger charge is -2.25. The van der Waals surface area contributed by atoms with E-state index in [1.165, 1.54) is 18.4 Å². The first kappa shape index (κ1) is 36.9. The molecule has 11 nitrogen and oxygen atoms in total. The van der Waals surface area contributed by atoms with Crippen LogP contribution in [0.5, 0.6) is 34.5 Å². The maximum atomic E-state index is 13.2. The predicted octanol–water partition coefficient (Wildman–Crippen LogP) is 5.50. The minimum atomic E-state index is -0.0337. The number of ether oxygens (including phenoxy) is 6. The number of Topliss-reactive ketones (excluding diaryl/α,β-unsaturated/α-hetero) is 1. The highest BCUT2D eigenvalue weighted by atomic mass is 16.6. The van der Waals surface area contributed by atoms with Crippen molar-refractivity contribution < 1.29 is 38.0 Å². The summed E-state index contributed by atoms with van der Waals surface area (Å²) in [6.45, 7) is 8.04. The molecular weight excluding hydrogens is 674 g/mol. The van der Waals surface area contributed by atoms with Crippen molar-refractivity contribution >= 4 is 11.7 Å². The largest absolute Gasteiger partial charge is 0.493 e. The van der Waals surface area contributed by atoms with Crippen LogP contribution < -0.4 is 33.7 Å². The number of carbonyl (C=O) groups excluding carboxylic acids is 2. The highest BCUT2D eigenvalue weighted by molar-refractivity contribution is 5.97. The van der Waals surface area contributed by atoms with Gasteiger partial charge < -0.3 is 38.6 Å². The molecular formula is C42H53N3O8. The SMILES string of the molecule is COc1cc(C(=O)CCCC(=O)NC(Cc2ccc3c(c2)OCCO3)CN2CCCC2)ccc1OC1CCN(CCCc2ccc3c(c2)OCCO3)C1. The molecule has 2 saturated heterocycles. The summed E-state index contributed by atoms with van der Waals surface area (Å²) in [5.41, 5.74) is 2.92. The summed E-state index contributed by atoms with van der Waals surface area (Å²) in [6.07, 6.45) is 7.14. The highest BCUT2D eigenvalue weighted by Crippen LogP contribution is 2.33. The average molecular weight is 728 g/mol. The molecule has 0 spiro atoms. The van der Waals surface area contributed by atoms with Gasteiger partial charge in [-0.25, -0.2) is 0 Å². The second kappa shape index (κ2) is 18.0. The molecule has 1 N–H and O–H groups in total. The Bertz CT molecular complexity index is 1710. The van der Waals surface area contributed by atoms with Gasteiger partial charge in [-0.1, -0.05) is 12.1 Å². The summed E-state index contributed by atoms with van der Waals surface area (Å²) in [4.78, 5) is 31.2. The maximum absolute atomic E-state index is 13.2. The van der Waals surface area contributed by atoms with E-state index < -0.39 is 0 Å². The third kappa shape index (κ3) is 10.1. The second-order valence-corrected chi connectivity index (χ2v) is 14.5. The molecule has 284 valence electrons. The molecule has 53 heavy (non-hydrogen) atoms. The van der Waals surface area contributed by atoms with E-state index in [4.69, 9.17) is 28.4 Å². The molecule has 0 bridgehead atoms. The van der Waals surface area contributed by atoms with E-state index in [1.807, 2.05) is 24.3 Å². The van der Waals surface area contributed by atoms with Crippen LogP contribution in [0.4, 0.5) is 0 Å². The molecule has 1 amide bonds. The van der Waals surface area contributed by atoms with Gasteiger partial charge >= 0.3 is 0 Å². The topological polar surface area (TPSA) is 108 Å². The molecule has 4 heterocycles. The predicted molar refractivity (Wildman–Crippen MR) is 201 cm³/mol. The van der Waals surface area contributed by atoms with Crippen molar-refractivity contribution in [3.05, 3.63) is 71.3 Å². The summed E-state index contributed by atoms with van der Waals surface area (Å²) < 4.78 is 34.9. The van der Waals surface area contributed by atoms with Gasteiger partial charge in [0.2, 0.25) is 5.91 Å². The normalized spacial score (nSPS) is 18.8. The van der Waals surface area contributed by atoms with E-state index in [0.29, 0.717) is 56.3 Å². The Kier molecular flexibility index (Phi) is 12.5. The Balaban J connectivity index is 0.848. The van der Waals surface area contributed by atoms with Crippen LogP contribution in [0.1, 0.15) is 66.4 Å². The summed E-state index contributed by atoms with van der Waals surface area (Å²) >= 11 is 0. The molecule has 0 radical (unpaired) electrons. The lowest BCUT2D eigenvalue weighted by atomic mass is 10.0. The molecule has 2 fully saturated rings. The first-order chi connectivity index (χ1) is 26.0. The number of methoxy groups -OCH3 is 1. The number of rotatable bonds is 17. The molecule has 7 rings (SSSR count). The van der Waals surface area contributed by atoms with Crippen LogP contribution >= 0.6 is 0 Å². The third-order valence-electron chi connectivity index (χ3n) is 10.5. The van der Waals surface area contributed by atoms with Gasteiger partial charge in [-0.15, -0.1) is 0 Å². The highest BCUT2D eigenvalue weighted by Gasteiger charge is 2.26. The van der Waals surface area contributed by atoms with E-state index in [2.05, 4.69) is 33.3 Å². The quantitative estimate of drug-likeness (QED) is 0.179. The van der Waals surface area contributed by atoms with Crippen molar-refractivity contribution in [1.82, 2.24) is 15.1 Å². The van der Waals surface area contributed by atoms with Crippen molar-refractivity contribution in [3.8, 4) is 34.5 Å². The van der Waals surface area contributed by atoms with Crippen LogP contribution in [0.15, 0.2) is 54.6 Å². The number of amides is 1. The van der Waals surface area contributed by atoms with Crippen molar-refractivity contribution in [2.75, 3.05) is 72.8 Å². The maximum Gasteiger partial charge on any atom is 0.220 e. The number of hydrogen-bond acceptors (Lipinski definition) is 10. The number of fused-ring (bicyclic) bond motifs is 2. The minimum Gasteiger partial charge on any atom is -0.493 e. The Hall–Kier alpha value is -4.48. The fourth-order valence-electron chi connectivity index (χ4n) is 7.76. The molecule has 2 atom stereocenters. The van der Waals surface area contributed by atoms with Gasteiger partial charge in [-0.2, -0.15) is 0 Å². The van der Waals surface area contributed by atoms with Crippen LogP contribution in [0.2, 0.25) is 0 Å². The minimum absolute atomic E-state index is 0.0161. The van der Waals surface area contributed by atoms with E-state index in [-0.39, 0.29) is 36.7 Å². The molecule has 11 heteroatoms. The Morgan fingerprint density at radius 2 is 1.47 bits per heavy atom. The molecule has 3 aromatic rings. The summed E-state index contributed by atoms with van der Waals surface area (Å²) in [5.74, 6) is 4.35. The monoisotopic (exact) mass is 727 g/mol. The van der Waals surface area contributed by atoms with Crippen molar-refractivity contribution in [2.45, 2.75) is 69.9 Å². The van der Waals surface area contributed by atoms with E-state index >= 15 is 0 Å². The number of carbonyl (C=O) groups is 2. The molecule has 4 aliphatic heterocycles. The van der Waals surface area contributed by atoms with E-state index in [1.54, 1.807) is 19.2 Å². The van der Waals surface area contributed by atoms with E-state index in [9.17, 15) is 9.59 Å². The summed E-state index contributed by atoms with van der Waals surface area (Å²) in [6, 6.07) is 17.6. The smallest absolute Gasteiger partial charge is 0.220 e. The zero-order valence-electron chi connectivity index (χ0n) is 30.9. The number of likely N-dealkylation sites (tertiary alicyclic amines) is 2. The van der Waals surface area contributed by atoms with Crippen LogP contribution in [-0.4, -0.2) is 106 Å². The zero-order chi connectivity index (χ0) is 36.4. The van der Waals surface area contributed by atoms with Gasteiger partial charge in [0.1, 0.15) is 32.5 Å². The number of benzene rings is 3. The first-order valence-corrected chi connectivity index (χ1v) is 19.4. The molecule has 0 aromatic heterocycles. The number of ketones is 1. The molecule has 2 unspecified atom stereocenters. The number of nitrogens with zero attached hydrogens (tertiary/aromatic N) is 2. The van der Waals surface area contributed by atoms with Gasteiger partial charge in [-0.05, 0) is 118 Å². The van der Waals surface area contributed by atoms with Crippen LogP contribution in [-0.2, 0) is 17.6 Å². The fraction of sp³-hybridized carbons (Fsp3) is 0.524. The van der Waals surface area contributed by atoms with Crippen molar-refractivity contribution in [1.29, 1.82) is 0 Å². The second-order valence-electron chi connectivity index (χ2n) is 14.5. The number of nitrogens with one attached hydrogen (secondary N) is 1. The van der Waals surface area contributed by atoms with Gasteiger partial charge in [0.05, 0.1) is 7.11 Å². The van der Waals surface area contributed by atoms with E-state index in [0.717, 1.165) is 87.1 Å². The third-order valence-corrected chi connectivity index (χ3v) is 10.5. The van der Waals surface area contributed by atoms with Gasteiger partial charge in [0.25, 0.3) is 0 Å². The molecule has 0 aliphatic carbocycles. The number of hydrogen-bond donors (Lipinski definition) is 1. The standard InChI is InChI=1S/C42H53N3O8/c1-48-39-27-32(11-14-38(39)53-34-15-19-45(29-34)18-5-6-30-9-12-36-40(25-30)51-22-20-49-36)35(46)7-4-8-42(47)43-33(28-44-16-2-3-17-44)24-31-10-13-37-41(26-31)52-23-21-50-37/h9-14,25-27,33-34H,2-8,15-24,28-29H2,1H3,(H,43,47). The van der Waals surface area contributed by atoms with Crippen LogP contribution in [0.25, 0.3) is 0 Å². The summed E-state index contributed by atoms with van der Waals surface area (Å²) in [7, 11) is 1.60. The first-order valence-electron chi connectivity index (χ1n) is 19.4. The van der Waals surface area contributed by atoms with Gasteiger partial charge in [0.15, 0.2) is 40.3 Å². The Morgan fingerprint density at radius 3 is 2.21 bits per heavy atom. The molecule has 3 aromatic carbocycles. The lowest BCUT2D eigenvalue weighted by molar-refractivity contribution is -0.122. The molecule has 0 saturated carbocycles. The van der Waals surface area contributed by atoms with Crippen LogP contribution in [0.3, 0.4) is 0 Å². The number of aryl methyl sites for hydroxylation is 1. The Morgan fingerprint density at radius 1 is 0.774 bits per heavy atom. The van der Waals surface area contributed by atoms with Crippen LogP contribution in [0, 0.1) is 0 Å². The van der Waals surface area contributed by atoms with Crippen molar-refractivity contribution in [3.63, 3.8) is 0 Å². The van der Waals surface area contributed by atoms with Gasteiger partial charge in [0, 0.05) is 44.1 Å². The van der Waals surface area contributed by atoms with Crippen molar-refractivity contribution in [2.24, 2.45) is 0 Å².